The predicted molar refractivity (Wildman–Crippen MR) is 79.1 cm³/mol. The van der Waals surface area contributed by atoms with Gasteiger partial charge in [-0.1, -0.05) is 18.2 Å². The minimum absolute atomic E-state index is 0.351. The van der Waals surface area contributed by atoms with Crippen LogP contribution in [-0.2, 0) is 6.54 Å². The molecule has 1 aromatic heterocycles. The second-order valence-electron chi connectivity index (χ2n) is 5.09. The fourth-order valence-corrected chi connectivity index (χ4v) is 2.06. The fourth-order valence-electron chi connectivity index (χ4n) is 2.06. The van der Waals surface area contributed by atoms with E-state index in [2.05, 4.69) is 10.3 Å². The summed E-state index contributed by atoms with van der Waals surface area (Å²) in [6.45, 7) is 0.701. The Morgan fingerprint density at radius 3 is 2.86 bits per heavy atom. The summed E-state index contributed by atoms with van der Waals surface area (Å²) in [5.74, 6) is 0.412. The van der Waals surface area contributed by atoms with Crippen molar-refractivity contribution in [3.05, 3.63) is 53.7 Å². The summed E-state index contributed by atoms with van der Waals surface area (Å²) in [5, 5.41) is 3.42. The summed E-state index contributed by atoms with van der Waals surface area (Å²) in [6, 6.07) is 11.3. The van der Waals surface area contributed by atoms with Crippen molar-refractivity contribution < 1.29 is 9.53 Å². The van der Waals surface area contributed by atoms with Gasteiger partial charge in [0, 0.05) is 24.3 Å². The Labute approximate surface area is 123 Å². The van der Waals surface area contributed by atoms with Gasteiger partial charge in [-0.25, -0.2) is 4.98 Å². The summed E-state index contributed by atoms with van der Waals surface area (Å²) in [6.07, 6.45) is 4.12. The van der Waals surface area contributed by atoms with Gasteiger partial charge in [0.25, 0.3) is 5.91 Å². The molecule has 0 spiro atoms. The first-order chi connectivity index (χ1) is 10.2. The molecule has 0 saturated heterocycles. The second-order valence-corrected chi connectivity index (χ2v) is 5.09. The first-order valence-electron chi connectivity index (χ1n) is 6.98. The quantitative estimate of drug-likeness (QED) is 0.852. The number of primary amides is 1. The van der Waals surface area contributed by atoms with Crippen LogP contribution in [0.2, 0.25) is 0 Å². The Bertz CT molecular complexity index is 653. The summed E-state index contributed by atoms with van der Waals surface area (Å²) in [4.78, 5) is 15.7. The van der Waals surface area contributed by atoms with Crippen LogP contribution < -0.4 is 15.8 Å². The number of carbonyl (C=O) groups excluding carboxylic acids is 1. The van der Waals surface area contributed by atoms with E-state index in [1.165, 1.54) is 12.8 Å². The molecule has 1 saturated carbocycles. The maximum Gasteiger partial charge on any atom is 0.252 e. The maximum absolute atomic E-state index is 11.4. The summed E-state index contributed by atoms with van der Waals surface area (Å²) < 4.78 is 5.80. The molecule has 0 atom stereocenters. The maximum atomic E-state index is 11.4. The average molecular weight is 283 g/mol. The molecule has 1 aliphatic carbocycles. The first-order valence-corrected chi connectivity index (χ1v) is 6.98. The normalized spacial score (nSPS) is 13.9. The molecule has 1 aromatic carbocycles. The van der Waals surface area contributed by atoms with E-state index in [1.54, 1.807) is 30.5 Å². The Balaban J connectivity index is 1.82. The SMILES string of the molecule is NC(=O)c1ccccc1Oc1ncccc1CNC1CC1. The van der Waals surface area contributed by atoms with Gasteiger partial charge in [-0.2, -0.15) is 0 Å². The number of nitrogens with zero attached hydrogens (tertiary/aromatic N) is 1. The number of amides is 1. The number of benzene rings is 1. The summed E-state index contributed by atoms with van der Waals surface area (Å²) in [5.41, 5.74) is 6.67. The molecular weight excluding hydrogens is 266 g/mol. The van der Waals surface area contributed by atoms with Crippen LogP contribution in [0.1, 0.15) is 28.8 Å². The van der Waals surface area contributed by atoms with Crippen molar-refractivity contribution in [3.63, 3.8) is 0 Å². The van der Waals surface area contributed by atoms with E-state index >= 15 is 0 Å². The smallest absolute Gasteiger partial charge is 0.252 e. The number of aromatic nitrogens is 1. The van der Waals surface area contributed by atoms with E-state index in [0.717, 1.165) is 5.56 Å². The number of para-hydroxylation sites is 1. The molecular formula is C16H17N3O2. The van der Waals surface area contributed by atoms with Crippen LogP contribution in [0.15, 0.2) is 42.6 Å². The van der Waals surface area contributed by atoms with Gasteiger partial charge >= 0.3 is 0 Å². The molecule has 5 nitrogen and oxygen atoms in total. The molecule has 0 aliphatic heterocycles. The third-order valence-electron chi connectivity index (χ3n) is 3.37. The Morgan fingerprint density at radius 1 is 1.29 bits per heavy atom. The Hall–Kier alpha value is -2.40. The number of carbonyl (C=O) groups is 1. The Morgan fingerprint density at radius 2 is 2.10 bits per heavy atom. The fraction of sp³-hybridized carbons (Fsp3) is 0.250. The first kappa shape index (κ1) is 13.6. The van der Waals surface area contributed by atoms with E-state index < -0.39 is 5.91 Å². The van der Waals surface area contributed by atoms with E-state index in [4.69, 9.17) is 10.5 Å². The molecule has 1 heterocycles. The van der Waals surface area contributed by atoms with E-state index in [1.807, 2.05) is 12.1 Å². The topological polar surface area (TPSA) is 77.2 Å². The lowest BCUT2D eigenvalue weighted by atomic mass is 10.2. The van der Waals surface area contributed by atoms with Crippen molar-refractivity contribution in [2.45, 2.75) is 25.4 Å². The van der Waals surface area contributed by atoms with Crippen molar-refractivity contribution in [1.82, 2.24) is 10.3 Å². The van der Waals surface area contributed by atoms with Gasteiger partial charge in [-0.3, -0.25) is 4.79 Å². The van der Waals surface area contributed by atoms with Crippen molar-refractivity contribution in [2.75, 3.05) is 0 Å². The van der Waals surface area contributed by atoms with Gasteiger partial charge in [-0.15, -0.1) is 0 Å². The molecule has 3 rings (SSSR count). The van der Waals surface area contributed by atoms with Gasteiger partial charge < -0.3 is 15.8 Å². The molecule has 21 heavy (non-hydrogen) atoms. The van der Waals surface area contributed by atoms with Crippen LogP contribution in [-0.4, -0.2) is 16.9 Å². The second kappa shape index (κ2) is 5.93. The van der Waals surface area contributed by atoms with Gasteiger partial charge in [-0.05, 0) is 31.0 Å². The summed E-state index contributed by atoms with van der Waals surface area (Å²) in [7, 11) is 0. The highest BCUT2D eigenvalue weighted by atomic mass is 16.5. The average Bonchev–Trinajstić information content (AvgIpc) is 3.31. The monoisotopic (exact) mass is 283 g/mol. The van der Waals surface area contributed by atoms with Crippen LogP contribution in [0, 0.1) is 0 Å². The van der Waals surface area contributed by atoms with Gasteiger partial charge in [0.05, 0.1) is 5.56 Å². The number of hydrogen-bond donors (Lipinski definition) is 2. The number of nitrogens with one attached hydrogen (secondary N) is 1. The zero-order valence-corrected chi connectivity index (χ0v) is 11.6. The highest BCUT2D eigenvalue weighted by molar-refractivity contribution is 5.95. The minimum Gasteiger partial charge on any atom is -0.438 e. The zero-order valence-electron chi connectivity index (χ0n) is 11.6. The highest BCUT2D eigenvalue weighted by Gasteiger charge is 2.21. The number of pyridine rings is 1. The number of ether oxygens (including phenoxy) is 1. The Kier molecular flexibility index (Phi) is 3.83. The molecule has 5 heteroatoms. The molecule has 3 N–H and O–H groups in total. The van der Waals surface area contributed by atoms with Crippen LogP contribution in [0.5, 0.6) is 11.6 Å². The van der Waals surface area contributed by atoms with Crippen molar-refractivity contribution in [3.8, 4) is 11.6 Å². The third kappa shape index (κ3) is 3.38. The molecule has 108 valence electrons. The molecule has 1 aliphatic rings. The lowest BCUT2D eigenvalue weighted by Gasteiger charge is -2.12. The van der Waals surface area contributed by atoms with Crippen LogP contribution in [0.4, 0.5) is 0 Å². The molecule has 0 radical (unpaired) electrons. The van der Waals surface area contributed by atoms with Gasteiger partial charge in [0.15, 0.2) is 0 Å². The van der Waals surface area contributed by atoms with E-state index in [-0.39, 0.29) is 0 Å². The minimum atomic E-state index is -0.515. The standard InChI is InChI=1S/C16H17N3O2/c17-15(20)13-5-1-2-6-14(13)21-16-11(4-3-9-18-16)10-19-12-7-8-12/h1-6,9,12,19H,7-8,10H2,(H2,17,20). The number of hydrogen-bond acceptors (Lipinski definition) is 4. The van der Waals surface area contributed by atoms with Crippen molar-refractivity contribution in [2.24, 2.45) is 5.73 Å². The van der Waals surface area contributed by atoms with Crippen molar-refractivity contribution in [1.29, 1.82) is 0 Å². The van der Waals surface area contributed by atoms with Gasteiger partial charge in [0.1, 0.15) is 5.75 Å². The highest BCUT2D eigenvalue weighted by Crippen LogP contribution is 2.27. The van der Waals surface area contributed by atoms with E-state index in [9.17, 15) is 4.79 Å². The number of nitrogens with two attached hydrogens (primary N) is 1. The van der Waals surface area contributed by atoms with Gasteiger partial charge in [0.2, 0.25) is 5.88 Å². The predicted octanol–water partition coefficient (Wildman–Crippen LogP) is 2.22. The van der Waals surface area contributed by atoms with Crippen molar-refractivity contribution >= 4 is 5.91 Å². The molecule has 1 fully saturated rings. The molecule has 1 amide bonds. The lowest BCUT2D eigenvalue weighted by Crippen LogP contribution is -2.16. The molecule has 0 bridgehead atoms. The van der Waals surface area contributed by atoms with E-state index in [0.29, 0.717) is 29.8 Å². The third-order valence-corrected chi connectivity index (χ3v) is 3.37. The summed E-state index contributed by atoms with van der Waals surface area (Å²) >= 11 is 0. The van der Waals surface area contributed by atoms with Crippen LogP contribution >= 0.6 is 0 Å². The van der Waals surface area contributed by atoms with Crippen LogP contribution in [0.25, 0.3) is 0 Å². The number of rotatable bonds is 6. The molecule has 0 unspecified atom stereocenters. The largest absolute Gasteiger partial charge is 0.438 e. The lowest BCUT2D eigenvalue weighted by molar-refractivity contribution is 0.0998. The zero-order chi connectivity index (χ0) is 14.7. The molecule has 2 aromatic rings. The van der Waals surface area contributed by atoms with Crippen LogP contribution in [0.3, 0.4) is 0 Å².